The molecule has 4 rings (SSSR count). The molecule has 0 atom stereocenters. The number of rotatable bonds is 4. The van der Waals surface area contributed by atoms with E-state index in [4.69, 9.17) is 4.74 Å². The van der Waals surface area contributed by atoms with Crippen LogP contribution >= 0.6 is 0 Å². The van der Waals surface area contributed by atoms with Crippen LogP contribution in [0, 0.1) is 5.82 Å². The van der Waals surface area contributed by atoms with Gasteiger partial charge in [0.05, 0.1) is 17.2 Å². The van der Waals surface area contributed by atoms with E-state index in [2.05, 4.69) is 9.97 Å². The summed E-state index contributed by atoms with van der Waals surface area (Å²) in [4.78, 5) is 8.46. The van der Waals surface area contributed by atoms with Crippen LogP contribution in [0.5, 0.6) is 5.88 Å². The molecule has 6 nitrogen and oxygen atoms in total. The molecule has 27 heavy (non-hydrogen) atoms. The van der Waals surface area contributed by atoms with E-state index in [0.717, 1.165) is 17.1 Å². The highest BCUT2D eigenvalue weighted by atomic mass is 32.2. The van der Waals surface area contributed by atoms with Crippen molar-refractivity contribution < 1.29 is 17.5 Å². The monoisotopic (exact) mass is 387 g/mol. The van der Waals surface area contributed by atoms with E-state index >= 15 is 0 Å². The molecule has 0 radical (unpaired) electrons. The average Bonchev–Trinajstić information content (AvgIpc) is 2.68. The van der Waals surface area contributed by atoms with Gasteiger partial charge in [0.25, 0.3) is 0 Å². The molecule has 3 aromatic rings. The number of fused-ring (bicyclic) bond motifs is 1. The third-order valence-electron chi connectivity index (χ3n) is 4.57. The quantitative estimate of drug-likeness (QED) is 0.688. The Bertz CT molecular complexity index is 1070. The Labute approximate surface area is 156 Å². The van der Waals surface area contributed by atoms with E-state index in [1.807, 2.05) is 24.3 Å². The molecule has 2 heterocycles. The molecule has 8 heteroatoms. The zero-order chi connectivity index (χ0) is 18.9. The summed E-state index contributed by atoms with van der Waals surface area (Å²) in [6, 6.07) is 12.9. The number of para-hydroxylation sites is 2. The summed E-state index contributed by atoms with van der Waals surface area (Å²) in [6.45, 7) is 0.532. The van der Waals surface area contributed by atoms with Gasteiger partial charge < -0.3 is 4.74 Å². The van der Waals surface area contributed by atoms with Crippen LogP contribution in [0.3, 0.4) is 0 Å². The molecule has 1 fully saturated rings. The Kier molecular flexibility index (Phi) is 4.75. The Morgan fingerprint density at radius 3 is 2.41 bits per heavy atom. The fourth-order valence-corrected chi connectivity index (χ4v) is 4.69. The van der Waals surface area contributed by atoms with Gasteiger partial charge in [-0.25, -0.2) is 22.8 Å². The molecule has 0 unspecified atom stereocenters. The maximum Gasteiger partial charge on any atom is 0.245 e. The van der Waals surface area contributed by atoms with Gasteiger partial charge >= 0.3 is 0 Å². The normalized spacial score (nSPS) is 16.5. The summed E-state index contributed by atoms with van der Waals surface area (Å²) >= 11 is 0. The average molecular weight is 387 g/mol. The summed E-state index contributed by atoms with van der Waals surface area (Å²) in [7, 11) is -3.84. The lowest BCUT2D eigenvalue weighted by Crippen LogP contribution is -2.42. The highest BCUT2D eigenvalue weighted by molar-refractivity contribution is 7.89. The van der Waals surface area contributed by atoms with Crippen molar-refractivity contribution in [2.75, 3.05) is 13.1 Å². The minimum atomic E-state index is -3.84. The van der Waals surface area contributed by atoms with Crippen molar-refractivity contribution in [1.29, 1.82) is 0 Å². The number of piperidine rings is 1. The Balaban J connectivity index is 1.43. The van der Waals surface area contributed by atoms with Gasteiger partial charge in [-0.05, 0) is 37.1 Å². The first kappa shape index (κ1) is 17.8. The van der Waals surface area contributed by atoms with Crippen LogP contribution in [-0.2, 0) is 10.0 Å². The van der Waals surface area contributed by atoms with Gasteiger partial charge in [0.1, 0.15) is 16.8 Å². The van der Waals surface area contributed by atoms with Crippen LogP contribution in [0.2, 0.25) is 0 Å². The van der Waals surface area contributed by atoms with Gasteiger partial charge in [-0.15, -0.1) is 0 Å². The molecule has 140 valence electrons. The first-order chi connectivity index (χ1) is 13.0. The van der Waals surface area contributed by atoms with Crippen molar-refractivity contribution >= 4 is 21.1 Å². The van der Waals surface area contributed by atoms with Crippen LogP contribution in [-0.4, -0.2) is 41.9 Å². The molecule has 0 N–H and O–H groups in total. The molecule has 0 aliphatic carbocycles. The number of halogens is 1. The van der Waals surface area contributed by atoms with Crippen molar-refractivity contribution in [2.24, 2.45) is 0 Å². The van der Waals surface area contributed by atoms with Crippen LogP contribution in [0.15, 0.2) is 59.6 Å². The van der Waals surface area contributed by atoms with E-state index in [1.54, 1.807) is 6.20 Å². The second-order valence-corrected chi connectivity index (χ2v) is 8.26. The zero-order valence-electron chi connectivity index (χ0n) is 14.5. The SMILES string of the molecule is O=S(=O)(c1ccccc1F)N1CCC(Oc2cnc3ccccc3n2)CC1. The van der Waals surface area contributed by atoms with Crippen LogP contribution < -0.4 is 4.74 Å². The Hall–Kier alpha value is -2.58. The van der Waals surface area contributed by atoms with Crippen LogP contribution in [0.1, 0.15) is 12.8 Å². The van der Waals surface area contributed by atoms with E-state index < -0.39 is 15.8 Å². The standard InChI is InChI=1S/C19H18FN3O3S/c20-15-5-1-4-8-18(15)27(24,25)23-11-9-14(10-12-23)26-19-13-21-16-6-2-3-7-17(16)22-19/h1-8,13-14H,9-12H2. The van der Waals surface area contributed by atoms with Crippen molar-refractivity contribution in [3.63, 3.8) is 0 Å². The zero-order valence-corrected chi connectivity index (χ0v) is 15.3. The highest BCUT2D eigenvalue weighted by Crippen LogP contribution is 2.25. The van der Waals surface area contributed by atoms with E-state index in [9.17, 15) is 12.8 Å². The summed E-state index contributed by atoms with van der Waals surface area (Å²) in [6.07, 6.45) is 2.42. The molecule has 0 spiro atoms. The van der Waals surface area contributed by atoms with Crippen LogP contribution in [0.4, 0.5) is 4.39 Å². The molecule has 1 aliphatic rings. The molecule has 0 saturated carbocycles. The lowest BCUT2D eigenvalue weighted by Gasteiger charge is -2.31. The van der Waals surface area contributed by atoms with Gasteiger partial charge in [0, 0.05) is 13.1 Å². The first-order valence-electron chi connectivity index (χ1n) is 8.67. The molecular formula is C19H18FN3O3S. The van der Waals surface area contributed by atoms with Crippen molar-refractivity contribution in [1.82, 2.24) is 14.3 Å². The fraction of sp³-hybridized carbons (Fsp3) is 0.263. The Morgan fingerprint density at radius 2 is 1.67 bits per heavy atom. The first-order valence-corrected chi connectivity index (χ1v) is 10.1. The summed E-state index contributed by atoms with van der Waals surface area (Å²) in [5.74, 6) is -0.313. The molecule has 1 aliphatic heterocycles. The second-order valence-electron chi connectivity index (χ2n) is 6.35. The minimum absolute atomic E-state index is 0.160. The third kappa shape index (κ3) is 3.63. The van der Waals surface area contributed by atoms with E-state index in [1.165, 1.54) is 22.5 Å². The van der Waals surface area contributed by atoms with E-state index in [0.29, 0.717) is 18.7 Å². The van der Waals surface area contributed by atoms with Gasteiger partial charge in [0.2, 0.25) is 15.9 Å². The largest absolute Gasteiger partial charge is 0.473 e. The molecule has 0 bridgehead atoms. The number of hydrogen-bond acceptors (Lipinski definition) is 5. The lowest BCUT2D eigenvalue weighted by molar-refractivity contribution is 0.130. The molecule has 2 aromatic carbocycles. The van der Waals surface area contributed by atoms with Crippen LogP contribution in [0.25, 0.3) is 11.0 Å². The van der Waals surface area contributed by atoms with Gasteiger partial charge in [-0.2, -0.15) is 4.31 Å². The van der Waals surface area contributed by atoms with Gasteiger partial charge in [-0.1, -0.05) is 24.3 Å². The number of ether oxygens (including phenoxy) is 1. The van der Waals surface area contributed by atoms with Crippen molar-refractivity contribution in [3.8, 4) is 5.88 Å². The minimum Gasteiger partial charge on any atom is -0.473 e. The third-order valence-corrected chi connectivity index (χ3v) is 6.50. The molecule has 0 amide bonds. The number of nitrogens with zero attached hydrogens (tertiary/aromatic N) is 3. The molecular weight excluding hydrogens is 369 g/mol. The number of aromatic nitrogens is 2. The maximum atomic E-state index is 13.9. The van der Waals surface area contributed by atoms with Crippen molar-refractivity contribution in [2.45, 2.75) is 23.8 Å². The van der Waals surface area contributed by atoms with Crippen molar-refractivity contribution in [3.05, 3.63) is 60.5 Å². The smallest absolute Gasteiger partial charge is 0.245 e. The predicted molar refractivity (Wildman–Crippen MR) is 98.3 cm³/mol. The summed E-state index contributed by atoms with van der Waals surface area (Å²) in [5, 5.41) is 0. The van der Waals surface area contributed by atoms with Gasteiger partial charge in [0.15, 0.2) is 0 Å². The number of benzene rings is 2. The lowest BCUT2D eigenvalue weighted by atomic mass is 10.1. The Morgan fingerprint density at radius 1 is 1.00 bits per heavy atom. The molecule has 1 aromatic heterocycles. The number of sulfonamides is 1. The summed E-state index contributed by atoms with van der Waals surface area (Å²) < 4.78 is 46.4. The topological polar surface area (TPSA) is 72.4 Å². The maximum absolute atomic E-state index is 13.9. The highest BCUT2D eigenvalue weighted by Gasteiger charge is 2.32. The number of hydrogen-bond donors (Lipinski definition) is 0. The predicted octanol–water partition coefficient (Wildman–Crippen LogP) is 3.00. The fourth-order valence-electron chi connectivity index (χ4n) is 3.15. The summed E-state index contributed by atoms with van der Waals surface area (Å²) in [5.41, 5.74) is 1.53. The second kappa shape index (κ2) is 7.21. The molecule has 1 saturated heterocycles. The van der Waals surface area contributed by atoms with Gasteiger partial charge in [-0.3, -0.25) is 0 Å². The van der Waals surface area contributed by atoms with E-state index in [-0.39, 0.29) is 24.1 Å².